The lowest BCUT2D eigenvalue weighted by atomic mass is 9.90. The Morgan fingerprint density at radius 3 is 1.85 bits per heavy atom. The molecule has 0 N–H and O–H groups in total. The van der Waals surface area contributed by atoms with Crippen LogP contribution < -0.4 is 15.3 Å². The summed E-state index contributed by atoms with van der Waals surface area (Å²) in [6.07, 6.45) is 4.35. The molecule has 338 valence electrons. The SMILES string of the molecule is C1=c2ccccc2=C(c2ccccc2N(c2cc(-c3ccccc3)cc(-c3cccc(-n4c5ccccc5c5ccc6ccccc6c54)c3)c2)c2ccc(-c3cccc4ccccc34)c3ccccc23)CC1. The fourth-order valence-corrected chi connectivity index (χ4v) is 11.8. The Morgan fingerprint density at radius 1 is 0.347 bits per heavy atom. The highest BCUT2D eigenvalue weighted by Crippen LogP contribution is 2.47. The summed E-state index contributed by atoms with van der Waals surface area (Å²) in [5.41, 5.74) is 16.6. The molecular weight excluding hydrogens is 869 g/mol. The molecule has 0 spiro atoms. The third kappa shape index (κ3) is 6.94. The first kappa shape index (κ1) is 41.7. The van der Waals surface area contributed by atoms with Crippen LogP contribution >= 0.6 is 0 Å². The van der Waals surface area contributed by atoms with E-state index in [9.17, 15) is 0 Å². The molecule has 0 bridgehead atoms. The van der Waals surface area contributed by atoms with Gasteiger partial charge in [0.25, 0.3) is 0 Å². The highest BCUT2D eigenvalue weighted by atomic mass is 15.1. The van der Waals surface area contributed by atoms with Crippen LogP contribution in [0.2, 0.25) is 0 Å². The Bertz CT molecular complexity index is 4400. The van der Waals surface area contributed by atoms with E-state index in [1.165, 1.54) is 92.4 Å². The van der Waals surface area contributed by atoms with Crippen LogP contribution in [0.3, 0.4) is 0 Å². The molecule has 0 aliphatic heterocycles. The van der Waals surface area contributed by atoms with Crippen LogP contribution in [0.5, 0.6) is 0 Å². The monoisotopic (exact) mass is 916 g/mol. The van der Waals surface area contributed by atoms with Crippen molar-refractivity contribution in [1.82, 2.24) is 4.57 Å². The predicted molar refractivity (Wildman–Crippen MR) is 306 cm³/mol. The smallest absolute Gasteiger partial charge is 0.0619 e. The zero-order valence-corrected chi connectivity index (χ0v) is 39.7. The molecule has 13 aromatic rings. The molecular formula is C70H48N2. The maximum atomic E-state index is 2.55. The molecule has 0 radical (unpaired) electrons. The second-order valence-electron chi connectivity index (χ2n) is 19.1. The van der Waals surface area contributed by atoms with Crippen LogP contribution in [-0.2, 0) is 0 Å². The Morgan fingerprint density at radius 2 is 0.972 bits per heavy atom. The van der Waals surface area contributed by atoms with E-state index in [1.54, 1.807) is 0 Å². The lowest BCUT2D eigenvalue weighted by Crippen LogP contribution is -2.29. The van der Waals surface area contributed by atoms with Crippen molar-refractivity contribution in [2.75, 3.05) is 4.90 Å². The van der Waals surface area contributed by atoms with Gasteiger partial charge in [0, 0.05) is 38.5 Å². The maximum absolute atomic E-state index is 2.55. The molecule has 0 amide bonds. The van der Waals surface area contributed by atoms with Gasteiger partial charge in [0.1, 0.15) is 0 Å². The maximum Gasteiger partial charge on any atom is 0.0619 e. The average molecular weight is 917 g/mol. The normalized spacial score (nSPS) is 12.4. The highest BCUT2D eigenvalue weighted by Gasteiger charge is 2.24. The van der Waals surface area contributed by atoms with Gasteiger partial charge in [-0.3, -0.25) is 0 Å². The fourth-order valence-electron chi connectivity index (χ4n) is 11.8. The van der Waals surface area contributed by atoms with E-state index < -0.39 is 0 Å². The first-order chi connectivity index (χ1) is 35.7. The second kappa shape index (κ2) is 17.3. The summed E-state index contributed by atoms with van der Waals surface area (Å²) in [5.74, 6) is 0. The van der Waals surface area contributed by atoms with Crippen molar-refractivity contribution in [2.45, 2.75) is 12.8 Å². The van der Waals surface area contributed by atoms with Gasteiger partial charge in [-0.2, -0.15) is 0 Å². The molecule has 12 aromatic carbocycles. The molecule has 0 fully saturated rings. The third-order valence-corrected chi connectivity index (χ3v) is 15.0. The quantitative estimate of drug-likeness (QED) is 0.147. The molecule has 0 saturated carbocycles. The van der Waals surface area contributed by atoms with Crippen LogP contribution in [0, 0.1) is 0 Å². The molecule has 14 rings (SSSR count). The molecule has 1 aliphatic carbocycles. The first-order valence-corrected chi connectivity index (χ1v) is 25.1. The van der Waals surface area contributed by atoms with Crippen LogP contribution in [-0.4, -0.2) is 4.57 Å². The third-order valence-electron chi connectivity index (χ3n) is 15.0. The number of para-hydroxylation sites is 2. The minimum absolute atomic E-state index is 0.961. The summed E-state index contributed by atoms with van der Waals surface area (Å²) in [6.45, 7) is 0. The Hall–Kier alpha value is -9.24. The van der Waals surface area contributed by atoms with Crippen LogP contribution in [0.1, 0.15) is 18.4 Å². The zero-order chi connectivity index (χ0) is 47.5. The lowest BCUT2D eigenvalue weighted by Gasteiger charge is -2.31. The number of anilines is 3. The number of hydrogen-bond donors (Lipinski definition) is 0. The number of fused-ring (bicyclic) bond motifs is 8. The highest BCUT2D eigenvalue weighted by molar-refractivity contribution is 6.19. The van der Waals surface area contributed by atoms with Gasteiger partial charge in [-0.15, -0.1) is 0 Å². The van der Waals surface area contributed by atoms with Gasteiger partial charge in [-0.25, -0.2) is 0 Å². The molecule has 0 atom stereocenters. The van der Waals surface area contributed by atoms with Gasteiger partial charge < -0.3 is 9.47 Å². The van der Waals surface area contributed by atoms with E-state index in [1.807, 2.05) is 0 Å². The molecule has 1 heterocycles. The van der Waals surface area contributed by atoms with Gasteiger partial charge in [-0.1, -0.05) is 218 Å². The molecule has 0 saturated heterocycles. The van der Waals surface area contributed by atoms with Gasteiger partial charge in [0.15, 0.2) is 0 Å². The van der Waals surface area contributed by atoms with Crippen molar-refractivity contribution in [3.8, 4) is 39.1 Å². The number of aromatic nitrogens is 1. The Balaban J connectivity index is 1.04. The van der Waals surface area contributed by atoms with Gasteiger partial charge in [-0.05, 0) is 132 Å². The number of hydrogen-bond acceptors (Lipinski definition) is 1. The van der Waals surface area contributed by atoms with Crippen LogP contribution in [0.4, 0.5) is 17.1 Å². The van der Waals surface area contributed by atoms with E-state index in [2.05, 4.69) is 276 Å². The molecule has 1 aromatic heterocycles. The number of rotatable bonds is 8. The van der Waals surface area contributed by atoms with E-state index in [0.29, 0.717) is 0 Å². The number of benzene rings is 12. The van der Waals surface area contributed by atoms with Crippen LogP contribution in [0.25, 0.3) is 105 Å². The Labute approximate surface area is 418 Å². The topological polar surface area (TPSA) is 8.17 Å². The summed E-state index contributed by atoms with van der Waals surface area (Å²) < 4.78 is 2.47. The van der Waals surface area contributed by atoms with E-state index in [-0.39, 0.29) is 0 Å². The second-order valence-corrected chi connectivity index (χ2v) is 19.1. The minimum Gasteiger partial charge on any atom is -0.309 e. The average Bonchev–Trinajstić information content (AvgIpc) is 3.80. The zero-order valence-electron chi connectivity index (χ0n) is 39.7. The molecule has 1 aliphatic rings. The molecule has 0 unspecified atom stereocenters. The largest absolute Gasteiger partial charge is 0.309 e. The molecule has 2 nitrogen and oxygen atoms in total. The fraction of sp³-hybridized carbons (Fsp3) is 0.0286. The summed E-state index contributed by atoms with van der Waals surface area (Å²) in [5, 5.41) is 12.5. The lowest BCUT2D eigenvalue weighted by molar-refractivity contribution is 1.07. The van der Waals surface area contributed by atoms with E-state index >= 15 is 0 Å². The summed E-state index contributed by atoms with van der Waals surface area (Å²) >= 11 is 0. The minimum atomic E-state index is 0.961. The van der Waals surface area contributed by atoms with Crippen molar-refractivity contribution in [1.29, 1.82) is 0 Å². The van der Waals surface area contributed by atoms with Crippen molar-refractivity contribution in [3.63, 3.8) is 0 Å². The van der Waals surface area contributed by atoms with Gasteiger partial charge >= 0.3 is 0 Å². The molecule has 72 heavy (non-hydrogen) atoms. The van der Waals surface area contributed by atoms with Crippen molar-refractivity contribution in [3.05, 3.63) is 277 Å². The first-order valence-electron chi connectivity index (χ1n) is 25.1. The van der Waals surface area contributed by atoms with Crippen LogP contribution in [0.15, 0.2) is 261 Å². The van der Waals surface area contributed by atoms with Crippen molar-refractivity contribution in [2.24, 2.45) is 0 Å². The number of nitrogens with zero attached hydrogens (tertiary/aromatic N) is 2. The summed E-state index contributed by atoms with van der Waals surface area (Å²) in [4.78, 5) is 2.55. The summed E-state index contributed by atoms with van der Waals surface area (Å²) in [6, 6.07) is 96.6. The molecule has 2 heteroatoms. The Kier molecular flexibility index (Phi) is 10.0. The van der Waals surface area contributed by atoms with Crippen molar-refractivity contribution < 1.29 is 0 Å². The van der Waals surface area contributed by atoms with Crippen molar-refractivity contribution >= 4 is 82.8 Å². The van der Waals surface area contributed by atoms with Gasteiger partial charge in [0.05, 0.1) is 22.4 Å². The van der Waals surface area contributed by atoms with E-state index in [4.69, 9.17) is 0 Å². The summed E-state index contributed by atoms with van der Waals surface area (Å²) in [7, 11) is 0. The standard InChI is InChI=1S/C70H48N2/c1-2-19-47(20-3-1)52-43-53(51-26-16-27-54(44-51)72-68-38-15-13-34-65(68)66-40-39-50-23-6-9-30-58(50)70(66)72)46-55(45-52)71(67-37-14-12-33-63(67)60-36-18-25-49-22-5-8-29-57(49)60)69-42-41-62(61-31-10-11-32-64(61)69)59-35-17-24-48-21-4-7-28-56(48)59/h1-17,19-35,37-46H,18,36H2. The van der Waals surface area contributed by atoms with Gasteiger partial charge in [0.2, 0.25) is 0 Å². The predicted octanol–water partition coefficient (Wildman–Crippen LogP) is 17.5. The van der Waals surface area contributed by atoms with E-state index in [0.717, 1.165) is 52.3 Å².